The molecule has 0 N–H and O–H groups in total. The van der Waals surface area contributed by atoms with Gasteiger partial charge in [0, 0.05) is 5.88 Å². The van der Waals surface area contributed by atoms with Gasteiger partial charge in [-0.05, 0) is 54.7 Å². The quantitative estimate of drug-likeness (QED) is 0.553. The Balaban J connectivity index is 2.67. The van der Waals surface area contributed by atoms with E-state index in [9.17, 15) is 0 Å². The third-order valence-electron chi connectivity index (χ3n) is 3.64. The van der Waals surface area contributed by atoms with Crippen molar-refractivity contribution >= 4 is 11.6 Å². The van der Waals surface area contributed by atoms with Crippen molar-refractivity contribution in [2.24, 2.45) is 5.92 Å². The molecule has 0 saturated heterocycles. The lowest BCUT2D eigenvalue weighted by atomic mass is 9.94. The molecule has 102 valence electrons. The summed E-state index contributed by atoms with van der Waals surface area (Å²) in [6.45, 7) is 6.74. The van der Waals surface area contributed by atoms with Gasteiger partial charge in [0.05, 0.1) is 0 Å². The average Bonchev–Trinajstić information content (AvgIpc) is 2.42. The molecule has 0 nitrogen and oxygen atoms in total. The van der Waals surface area contributed by atoms with E-state index < -0.39 is 0 Å². The number of alkyl halides is 1. The van der Waals surface area contributed by atoms with Crippen LogP contribution in [0.15, 0.2) is 18.2 Å². The maximum absolute atomic E-state index is 5.87. The summed E-state index contributed by atoms with van der Waals surface area (Å²) >= 11 is 5.87. The van der Waals surface area contributed by atoms with E-state index in [0.29, 0.717) is 5.92 Å². The van der Waals surface area contributed by atoms with Crippen LogP contribution in [-0.4, -0.2) is 5.88 Å². The largest absolute Gasteiger partial charge is 0.126 e. The second-order valence-electron chi connectivity index (χ2n) is 5.36. The van der Waals surface area contributed by atoms with E-state index >= 15 is 0 Å². The Hall–Kier alpha value is -0.490. The number of benzene rings is 1. The fourth-order valence-corrected chi connectivity index (χ4v) is 2.42. The predicted molar refractivity (Wildman–Crippen MR) is 82.6 cm³/mol. The third kappa shape index (κ3) is 5.02. The van der Waals surface area contributed by atoms with E-state index in [4.69, 9.17) is 11.6 Å². The zero-order valence-corrected chi connectivity index (χ0v) is 12.9. The van der Waals surface area contributed by atoms with E-state index in [0.717, 1.165) is 12.3 Å². The smallest absolute Gasteiger partial charge is 0.0249 e. The Bertz CT molecular complexity index is 343. The van der Waals surface area contributed by atoms with Crippen LogP contribution in [0.4, 0.5) is 0 Å². The Labute approximate surface area is 118 Å². The minimum Gasteiger partial charge on any atom is -0.126 e. The number of rotatable bonds is 8. The van der Waals surface area contributed by atoms with Gasteiger partial charge in [0.15, 0.2) is 0 Å². The van der Waals surface area contributed by atoms with Crippen LogP contribution in [0.3, 0.4) is 0 Å². The zero-order chi connectivity index (χ0) is 13.4. The molecule has 0 fully saturated rings. The number of hydrogen-bond donors (Lipinski definition) is 0. The minimum atomic E-state index is 0.621. The highest BCUT2D eigenvalue weighted by Crippen LogP contribution is 2.18. The summed E-state index contributed by atoms with van der Waals surface area (Å²) in [7, 11) is 0. The van der Waals surface area contributed by atoms with Gasteiger partial charge in [0.1, 0.15) is 0 Å². The van der Waals surface area contributed by atoms with E-state index in [1.807, 2.05) is 0 Å². The lowest BCUT2D eigenvalue weighted by molar-refractivity contribution is 0.591. The summed E-state index contributed by atoms with van der Waals surface area (Å²) in [6.07, 6.45) is 7.31. The highest BCUT2D eigenvalue weighted by molar-refractivity contribution is 6.18. The first-order chi connectivity index (χ1) is 8.71. The molecule has 0 spiro atoms. The molecule has 1 aromatic rings. The van der Waals surface area contributed by atoms with Gasteiger partial charge in [-0.3, -0.25) is 0 Å². The highest BCUT2D eigenvalue weighted by atomic mass is 35.5. The average molecular weight is 267 g/mol. The Morgan fingerprint density at radius 1 is 1.11 bits per heavy atom. The van der Waals surface area contributed by atoms with Gasteiger partial charge in [-0.25, -0.2) is 0 Å². The van der Waals surface area contributed by atoms with Crippen LogP contribution in [0.1, 0.15) is 56.7 Å². The lowest BCUT2D eigenvalue weighted by Gasteiger charge is -2.12. The van der Waals surface area contributed by atoms with Gasteiger partial charge in [-0.1, -0.05) is 45.4 Å². The molecule has 0 heterocycles. The molecule has 1 heteroatoms. The first kappa shape index (κ1) is 15.6. The SMILES string of the molecule is CCCCc1ccc(CCC(C)CCl)c(CC)c1. The first-order valence-corrected chi connectivity index (χ1v) is 7.91. The van der Waals surface area contributed by atoms with Crippen LogP contribution in [0.25, 0.3) is 0 Å². The van der Waals surface area contributed by atoms with Crippen molar-refractivity contribution < 1.29 is 0 Å². The molecule has 1 rings (SSSR count). The van der Waals surface area contributed by atoms with Crippen LogP contribution in [0.5, 0.6) is 0 Å². The van der Waals surface area contributed by atoms with Crippen molar-refractivity contribution in [3.8, 4) is 0 Å². The van der Waals surface area contributed by atoms with Gasteiger partial charge in [-0.15, -0.1) is 11.6 Å². The van der Waals surface area contributed by atoms with Crippen molar-refractivity contribution in [1.82, 2.24) is 0 Å². The fraction of sp³-hybridized carbons (Fsp3) is 0.647. The van der Waals surface area contributed by atoms with Crippen molar-refractivity contribution in [3.63, 3.8) is 0 Å². The summed E-state index contributed by atoms with van der Waals surface area (Å²) in [5.41, 5.74) is 4.56. The van der Waals surface area contributed by atoms with Crippen molar-refractivity contribution in [2.45, 2.75) is 59.3 Å². The number of hydrogen-bond acceptors (Lipinski definition) is 0. The van der Waals surface area contributed by atoms with E-state index in [2.05, 4.69) is 39.0 Å². The van der Waals surface area contributed by atoms with Gasteiger partial charge >= 0.3 is 0 Å². The van der Waals surface area contributed by atoms with Crippen molar-refractivity contribution in [3.05, 3.63) is 34.9 Å². The molecule has 0 amide bonds. The molecule has 1 unspecified atom stereocenters. The van der Waals surface area contributed by atoms with Crippen molar-refractivity contribution in [1.29, 1.82) is 0 Å². The second-order valence-corrected chi connectivity index (χ2v) is 5.67. The summed E-state index contributed by atoms with van der Waals surface area (Å²) < 4.78 is 0. The molecule has 0 saturated carbocycles. The molecule has 0 bridgehead atoms. The van der Waals surface area contributed by atoms with Crippen LogP contribution in [-0.2, 0) is 19.3 Å². The lowest BCUT2D eigenvalue weighted by Crippen LogP contribution is -2.01. The van der Waals surface area contributed by atoms with Crippen LogP contribution in [0.2, 0.25) is 0 Å². The zero-order valence-electron chi connectivity index (χ0n) is 12.1. The molecular formula is C17H27Cl. The molecule has 0 aliphatic rings. The molecule has 1 aromatic carbocycles. The number of unbranched alkanes of at least 4 members (excludes halogenated alkanes) is 1. The van der Waals surface area contributed by atoms with Crippen molar-refractivity contribution in [2.75, 3.05) is 5.88 Å². The fourth-order valence-electron chi connectivity index (χ4n) is 2.27. The third-order valence-corrected chi connectivity index (χ3v) is 4.17. The van der Waals surface area contributed by atoms with Gasteiger partial charge in [0.25, 0.3) is 0 Å². The van der Waals surface area contributed by atoms with Gasteiger partial charge < -0.3 is 0 Å². The molecule has 1 atom stereocenters. The standard InChI is InChI=1S/C17H27Cl/c1-4-6-7-15-9-11-17(16(5-2)12-15)10-8-14(3)13-18/h9,11-12,14H,4-8,10,13H2,1-3H3. The van der Waals surface area contributed by atoms with E-state index in [1.165, 1.54) is 48.8 Å². The van der Waals surface area contributed by atoms with Crippen LogP contribution < -0.4 is 0 Å². The van der Waals surface area contributed by atoms with E-state index in [-0.39, 0.29) is 0 Å². The molecule has 0 radical (unpaired) electrons. The molecule has 18 heavy (non-hydrogen) atoms. The normalized spacial score (nSPS) is 12.7. The number of halogens is 1. The maximum atomic E-state index is 5.87. The Morgan fingerprint density at radius 3 is 2.50 bits per heavy atom. The summed E-state index contributed by atoms with van der Waals surface area (Å²) in [5.74, 6) is 1.40. The maximum Gasteiger partial charge on any atom is 0.0249 e. The summed E-state index contributed by atoms with van der Waals surface area (Å²) in [5, 5.41) is 0. The van der Waals surface area contributed by atoms with Crippen LogP contribution in [0, 0.1) is 5.92 Å². The van der Waals surface area contributed by atoms with E-state index in [1.54, 1.807) is 0 Å². The second kappa shape index (κ2) is 8.58. The predicted octanol–water partition coefficient (Wildman–Crippen LogP) is 5.40. The Morgan fingerprint density at radius 2 is 1.89 bits per heavy atom. The molecule has 0 aromatic heterocycles. The topological polar surface area (TPSA) is 0 Å². The molecular weight excluding hydrogens is 240 g/mol. The summed E-state index contributed by atoms with van der Waals surface area (Å²) in [4.78, 5) is 0. The molecule has 0 aliphatic carbocycles. The number of aryl methyl sites for hydroxylation is 3. The monoisotopic (exact) mass is 266 g/mol. The molecule has 0 aliphatic heterocycles. The summed E-state index contributed by atoms with van der Waals surface area (Å²) in [6, 6.07) is 7.07. The van der Waals surface area contributed by atoms with Gasteiger partial charge in [-0.2, -0.15) is 0 Å². The Kier molecular flexibility index (Phi) is 7.42. The minimum absolute atomic E-state index is 0.621. The first-order valence-electron chi connectivity index (χ1n) is 7.37. The van der Waals surface area contributed by atoms with Crippen LogP contribution >= 0.6 is 11.6 Å². The van der Waals surface area contributed by atoms with Gasteiger partial charge in [0.2, 0.25) is 0 Å². The highest BCUT2D eigenvalue weighted by Gasteiger charge is 2.05.